The number of hydrogen-bond donors (Lipinski definition) is 1. The van der Waals surface area contributed by atoms with E-state index in [1.54, 1.807) is 13.2 Å². The van der Waals surface area contributed by atoms with Crippen molar-refractivity contribution in [3.05, 3.63) is 34.7 Å². The molecule has 2 aliphatic heterocycles. The number of carbonyl (C=O) groups is 1. The summed E-state index contributed by atoms with van der Waals surface area (Å²) in [7, 11) is -0.274. The number of allylic oxidation sites excluding steroid dienone is 3. The number of ether oxygens (including phenoxy) is 2. The molecule has 0 radical (unpaired) electrons. The SMILES string of the molecule is COC1=C2O[C@H]3C(=O)C=C(SCCS(=O)(=O)O)[C@H]4[C@H]5CC(C=C1)C2[C@@]34CCN5C. The lowest BCUT2D eigenvalue weighted by Gasteiger charge is -2.60. The van der Waals surface area contributed by atoms with Crippen LogP contribution in [-0.4, -0.2) is 68.0 Å². The third kappa shape index (κ3) is 2.77. The van der Waals surface area contributed by atoms with Gasteiger partial charge in [-0.15, -0.1) is 11.8 Å². The standard InChI is InChI=1S/C20H25NO6S2/c1-21-6-5-20-16-11-3-4-14(26-2)18(16)27-19(20)13(22)10-15(17(20)12(21)9-11)28-7-8-29(23,24)25/h3-4,10-12,16-17,19H,5-9H2,1-2H3,(H,23,24,25)/t11?,12-,16?,17-,19+,20-/m1/s1. The molecule has 9 heteroatoms. The van der Waals surface area contributed by atoms with Crippen LogP contribution in [-0.2, 0) is 24.4 Å². The first-order valence-corrected chi connectivity index (χ1v) is 12.5. The van der Waals surface area contributed by atoms with Crippen LogP contribution in [0.25, 0.3) is 0 Å². The molecule has 2 bridgehead atoms. The fourth-order valence-electron chi connectivity index (χ4n) is 6.33. The summed E-state index contributed by atoms with van der Waals surface area (Å²) >= 11 is 1.39. The summed E-state index contributed by atoms with van der Waals surface area (Å²) in [5.74, 6) is 1.90. The molecular weight excluding hydrogens is 414 g/mol. The fourth-order valence-corrected chi connectivity index (χ4v) is 8.50. The van der Waals surface area contributed by atoms with Crippen LogP contribution in [0.4, 0.5) is 0 Å². The molecule has 1 N–H and O–H groups in total. The van der Waals surface area contributed by atoms with E-state index in [4.69, 9.17) is 14.0 Å². The lowest BCUT2D eigenvalue weighted by atomic mass is 9.48. The number of carbonyl (C=O) groups excluding carboxylic acids is 1. The number of methoxy groups -OCH3 is 1. The quantitative estimate of drug-likeness (QED) is 0.649. The van der Waals surface area contributed by atoms with E-state index in [9.17, 15) is 13.2 Å². The van der Waals surface area contributed by atoms with Crippen molar-refractivity contribution < 1.29 is 27.2 Å². The number of rotatable bonds is 5. The van der Waals surface area contributed by atoms with Crippen molar-refractivity contribution in [2.45, 2.75) is 25.0 Å². The first-order valence-electron chi connectivity index (χ1n) is 9.93. The van der Waals surface area contributed by atoms with Crippen molar-refractivity contribution in [3.8, 4) is 0 Å². The van der Waals surface area contributed by atoms with E-state index in [1.807, 2.05) is 6.08 Å². The average Bonchev–Trinajstić information content (AvgIpc) is 3.00. The van der Waals surface area contributed by atoms with Crippen molar-refractivity contribution in [2.24, 2.45) is 23.2 Å². The van der Waals surface area contributed by atoms with Gasteiger partial charge in [0.1, 0.15) is 5.76 Å². The van der Waals surface area contributed by atoms with Gasteiger partial charge in [0.05, 0.1) is 12.9 Å². The second-order valence-electron chi connectivity index (χ2n) is 8.64. The molecule has 5 rings (SSSR count). The highest BCUT2D eigenvalue weighted by Gasteiger charge is 2.71. The normalized spacial score (nSPS) is 40.4. The molecule has 2 unspecified atom stereocenters. The van der Waals surface area contributed by atoms with Crippen LogP contribution >= 0.6 is 11.8 Å². The third-order valence-corrected chi connectivity index (χ3v) is 9.47. The zero-order valence-electron chi connectivity index (χ0n) is 16.4. The average molecular weight is 440 g/mol. The number of likely N-dealkylation sites (tertiary alicyclic amines) is 1. The van der Waals surface area contributed by atoms with Gasteiger partial charge < -0.3 is 14.4 Å². The highest BCUT2D eigenvalue weighted by molar-refractivity contribution is 8.03. The van der Waals surface area contributed by atoms with Crippen LogP contribution in [0.2, 0.25) is 0 Å². The molecule has 1 spiro atoms. The Kier molecular flexibility index (Phi) is 4.48. The molecule has 2 heterocycles. The number of piperidine rings is 1. The van der Waals surface area contributed by atoms with E-state index >= 15 is 0 Å². The molecule has 0 amide bonds. The zero-order valence-corrected chi connectivity index (χ0v) is 18.0. The zero-order chi connectivity index (χ0) is 20.6. The minimum atomic E-state index is -4.03. The van der Waals surface area contributed by atoms with Gasteiger partial charge in [0.2, 0.25) is 0 Å². The Balaban J connectivity index is 1.59. The summed E-state index contributed by atoms with van der Waals surface area (Å²) in [6.45, 7) is 0.903. The Bertz CT molecular complexity index is 954. The first kappa shape index (κ1) is 19.7. The molecule has 1 saturated carbocycles. The largest absolute Gasteiger partial charge is 0.493 e. The Labute approximate surface area is 174 Å². The third-order valence-electron chi connectivity index (χ3n) is 7.38. The molecule has 3 aliphatic carbocycles. The van der Waals surface area contributed by atoms with Crippen molar-refractivity contribution in [1.82, 2.24) is 4.90 Å². The van der Waals surface area contributed by atoms with Crippen LogP contribution in [0.1, 0.15) is 12.8 Å². The number of thioether (sulfide) groups is 1. The molecular formula is C20H25NO6S2. The van der Waals surface area contributed by atoms with Gasteiger partial charge >= 0.3 is 0 Å². The summed E-state index contributed by atoms with van der Waals surface area (Å²) in [5, 5.41) is 0. The van der Waals surface area contributed by atoms with Gasteiger partial charge in [0.15, 0.2) is 17.6 Å². The van der Waals surface area contributed by atoms with E-state index in [2.05, 4.69) is 18.0 Å². The smallest absolute Gasteiger partial charge is 0.265 e. The van der Waals surface area contributed by atoms with E-state index in [0.717, 1.165) is 30.1 Å². The Hall–Kier alpha value is -1.29. The highest BCUT2D eigenvalue weighted by Crippen LogP contribution is 2.68. The van der Waals surface area contributed by atoms with Crippen LogP contribution in [0, 0.1) is 23.2 Å². The maximum atomic E-state index is 13.2. The van der Waals surface area contributed by atoms with Crippen LogP contribution < -0.4 is 0 Å². The lowest BCUT2D eigenvalue weighted by Crippen LogP contribution is -2.65. The van der Waals surface area contributed by atoms with Gasteiger partial charge in [0.25, 0.3) is 10.1 Å². The summed E-state index contributed by atoms with van der Waals surface area (Å²) in [6, 6.07) is 0.266. The highest BCUT2D eigenvalue weighted by atomic mass is 32.2. The molecule has 3 fully saturated rings. The number of nitrogens with zero attached hydrogens (tertiary/aromatic N) is 1. The molecule has 7 nitrogen and oxygen atoms in total. The van der Waals surface area contributed by atoms with Gasteiger partial charge in [-0.3, -0.25) is 9.35 Å². The van der Waals surface area contributed by atoms with E-state index in [-0.39, 0.29) is 40.6 Å². The van der Waals surface area contributed by atoms with Gasteiger partial charge in [-0.2, -0.15) is 8.42 Å². The molecule has 158 valence electrons. The lowest BCUT2D eigenvalue weighted by molar-refractivity contribution is -0.141. The number of hydrogen-bond acceptors (Lipinski definition) is 7. The second kappa shape index (κ2) is 6.60. The van der Waals surface area contributed by atoms with Crippen LogP contribution in [0.3, 0.4) is 0 Å². The van der Waals surface area contributed by atoms with Gasteiger partial charge in [-0.05, 0) is 49.4 Å². The van der Waals surface area contributed by atoms with Gasteiger partial charge in [-0.25, -0.2) is 0 Å². The molecule has 0 aromatic carbocycles. The topological polar surface area (TPSA) is 93.1 Å². The van der Waals surface area contributed by atoms with Crippen molar-refractivity contribution in [1.29, 1.82) is 0 Å². The second-order valence-corrected chi connectivity index (χ2v) is 11.4. The summed E-state index contributed by atoms with van der Waals surface area (Å²) in [6.07, 6.45) is 7.14. The predicted molar refractivity (Wildman–Crippen MR) is 109 cm³/mol. The summed E-state index contributed by atoms with van der Waals surface area (Å²) < 4.78 is 43.4. The summed E-state index contributed by atoms with van der Waals surface area (Å²) in [4.78, 5) is 16.5. The van der Waals surface area contributed by atoms with E-state index in [1.165, 1.54) is 11.8 Å². The van der Waals surface area contributed by atoms with Crippen molar-refractivity contribution in [3.63, 3.8) is 0 Å². The van der Waals surface area contributed by atoms with Gasteiger partial charge in [0, 0.05) is 29.0 Å². The summed E-state index contributed by atoms with van der Waals surface area (Å²) in [5.41, 5.74) is -0.323. The maximum Gasteiger partial charge on any atom is 0.265 e. The molecule has 2 saturated heterocycles. The minimum Gasteiger partial charge on any atom is -0.493 e. The van der Waals surface area contributed by atoms with Gasteiger partial charge in [-0.1, -0.05) is 6.08 Å². The van der Waals surface area contributed by atoms with Crippen LogP contribution in [0.5, 0.6) is 0 Å². The Morgan fingerprint density at radius 2 is 2.21 bits per heavy atom. The Morgan fingerprint density at radius 3 is 2.93 bits per heavy atom. The molecule has 5 aliphatic rings. The van der Waals surface area contributed by atoms with E-state index in [0.29, 0.717) is 11.7 Å². The molecule has 29 heavy (non-hydrogen) atoms. The Morgan fingerprint density at radius 1 is 1.41 bits per heavy atom. The first-order chi connectivity index (χ1) is 13.8. The van der Waals surface area contributed by atoms with Crippen molar-refractivity contribution >= 4 is 27.7 Å². The predicted octanol–water partition coefficient (Wildman–Crippen LogP) is 1.84. The fraction of sp³-hybridized carbons (Fsp3) is 0.650. The van der Waals surface area contributed by atoms with Crippen molar-refractivity contribution in [2.75, 3.05) is 32.2 Å². The molecule has 0 aromatic rings. The minimum absolute atomic E-state index is 0.0445. The van der Waals surface area contributed by atoms with E-state index < -0.39 is 16.2 Å². The van der Waals surface area contributed by atoms with Crippen LogP contribution in [0.15, 0.2) is 34.7 Å². The molecule has 0 aromatic heterocycles. The monoisotopic (exact) mass is 439 g/mol. The number of ketones is 1. The maximum absolute atomic E-state index is 13.2. The molecule has 6 atom stereocenters.